The summed E-state index contributed by atoms with van der Waals surface area (Å²) in [5.74, 6) is 0.935. The molecular weight excluding hydrogens is 396 g/mol. The summed E-state index contributed by atoms with van der Waals surface area (Å²) in [5.41, 5.74) is 2.62. The maximum Gasteiger partial charge on any atom is 0.119 e. The smallest absolute Gasteiger partial charge is 0.119 e. The van der Waals surface area contributed by atoms with E-state index in [0.717, 1.165) is 43.5 Å². The van der Waals surface area contributed by atoms with Crippen molar-refractivity contribution in [3.63, 3.8) is 0 Å². The lowest BCUT2D eigenvalue weighted by atomic mass is 10.1. The van der Waals surface area contributed by atoms with E-state index in [4.69, 9.17) is 4.74 Å². The molecule has 0 atom stereocenters. The fourth-order valence-corrected chi connectivity index (χ4v) is 3.59. The third-order valence-electron chi connectivity index (χ3n) is 3.96. The van der Waals surface area contributed by atoms with E-state index in [1.165, 1.54) is 21.4 Å². The quantitative estimate of drug-likeness (QED) is 0.257. The van der Waals surface area contributed by atoms with Gasteiger partial charge in [-0.15, -0.1) is 0 Å². The lowest BCUT2D eigenvalue weighted by molar-refractivity contribution is 0.319. The zero-order chi connectivity index (χ0) is 17.3. The first-order valence-electron chi connectivity index (χ1n) is 8.60. The Bertz CT molecular complexity index is 773. The average Bonchev–Trinajstić information content (AvgIpc) is 3.06. The Hall–Kier alpha value is -1.43. The molecule has 3 aromatic rings. The highest BCUT2D eigenvalue weighted by Crippen LogP contribution is 2.21. The maximum absolute atomic E-state index is 5.66. The summed E-state index contributed by atoms with van der Waals surface area (Å²) in [6, 6.07) is 16.7. The Morgan fingerprint density at radius 3 is 2.72 bits per heavy atom. The second-order valence-corrected chi connectivity index (χ2v) is 7.58. The number of benzene rings is 2. The zero-order valence-corrected chi connectivity index (χ0v) is 16.5. The number of aromatic nitrogens is 1. The van der Waals surface area contributed by atoms with Crippen LogP contribution in [0.2, 0.25) is 0 Å². The summed E-state index contributed by atoms with van der Waals surface area (Å²) in [6.07, 6.45) is 5.35. The summed E-state index contributed by atoms with van der Waals surface area (Å²) >= 11 is 5.08. The van der Waals surface area contributed by atoms with E-state index in [2.05, 4.69) is 68.2 Å². The van der Waals surface area contributed by atoms with Gasteiger partial charge >= 0.3 is 0 Å². The molecule has 0 unspecified atom stereocenters. The van der Waals surface area contributed by atoms with E-state index in [1.807, 2.05) is 12.1 Å². The first-order valence-corrected chi connectivity index (χ1v) is 10.5. The Balaban J connectivity index is 1.37. The van der Waals surface area contributed by atoms with E-state index in [0.29, 0.717) is 0 Å². The van der Waals surface area contributed by atoms with Crippen LogP contribution >= 0.6 is 27.9 Å². The topological polar surface area (TPSA) is 37.0 Å². The monoisotopic (exact) mass is 418 g/mol. The molecule has 1 heterocycles. The SMILES string of the molecule is BrCCCOc1ccc(SNCCCc2c[nH]c3ccccc23)cc1. The number of fused-ring (bicyclic) bond motifs is 1. The van der Waals surface area contributed by atoms with E-state index < -0.39 is 0 Å². The van der Waals surface area contributed by atoms with Crippen LogP contribution in [0, 0.1) is 0 Å². The Morgan fingerprint density at radius 2 is 1.88 bits per heavy atom. The molecule has 2 N–H and O–H groups in total. The molecule has 1 aromatic heterocycles. The summed E-state index contributed by atoms with van der Waals surface area (Å²) in [7, 11) is 0. The van der Waals surface area contributed by atoms with Crippen LogP contribution in [0.4, 0.5) is 0 Å². The molecule has 2 aromatic carbocycles. The number of alkyl halides is 1. The van der Waals surface area contributed by atoms with Gasteiger partial charge in [0.15, 0.2) is 0 Å². The van der Waals surface area contributed by atoms with E-state index >= 15 is 0 Å². The minimum absolute atomic E-state index is 0.754. The average molecular weight is 419 g/mol. The molecule has 5 heteroatoms. The number of halogens is 1. The number of para-hydroxylation sites is 1. The van der Waals surface area contributed by atoms with Crippen LogP contribution in [-0.4, -0.2) is 23.5 Å². The van der Waals surface area contributed by atoms with Crippen molar-refractivity contribution in [3.05, 3.63) is 60.3 Å². The number of hydrogen-bond acceptors (Lipinski definition) is 3. The molecule has 0 aliphatic heterocycles. The van der Waals surface area contributed by atoms with Crippen molar-refractivity contribution in [2.75, 3.05) is 18.5 Å². The highest BCUT2D eigenvalue weighted by molar-refractivity contribution is 9.09. The van der Waals surface area contributed by atoms with Gasteiger partial charge in [0, 0.05) is 33.9 Å². The van der Waals surface area contributed by atoms with Gasteiger partial charge in [0.05, 0.1) is 6.61 Å². The van der Waals surface area contributed by atoms with Crippen LogP contribution in [0.3, 0.4) is 0 Å². The molecule has 0 bridgehead atoms. The van der Waals surface area contributed by atoms with Gasteiger partial charge in [0.1, 0.15) is 5.75 Å². The molecule has 0 radical (unpaired) electrons. The lowest BCUT2D eigenvalue weighted by Gasteiger charge is -2.07. The van der Waals surface area contributed by atoms with E-state index in [-0.39, 0.29) is 0 Å². The second kappa shape index (κ2) is 9.90. The molecule has 0 spiro atoms. The van der Waals surface area contributed by atoms with E-state index in [9.17, 15) is 0 Å². The minimum atomic E-state index is 0.754. The number of aromatic amines is 1. The van der Waals surface area contributed by atoms with Crippen molar-refractivity contribution < 1.29 is 4.74 Å². The number of rotatable bonds is 10. The molecule has 0 aliphatic rings. The molecule has 0 fully saturated rings. The van der Waals surface area contributed by atoms with Crippen molar-refractivity contribution in [3.8, 4) is 5.75 Å². The normalized spacial score (nSPS) is 11.1. The van der Waals surface area contributed by atoms with Gasteiger partial charge < -0.3 is 9.72 Å². The molecule has 25 heavy (non-hydrogen) atoms. The van der Waals surface area contributed by atoms with Crippen LogP contribution in [0.25, 0.3) is 10.9 Å². The first kappa shape index (κ1) is 18.4. The standard InChI is InChI=1S/C20H23BrN2OS/c21-12-4-14-24-17-8-10-18(11-9-17)25-23-13-3-5-16-15-22-20-7-2-1-6-19(16)20/h1-2,6-11,15,22-23H,3-5,12-14H2. The summed E-state index contributed by atoms with van der Waals surface area (Å²) < 4.78 is 9.10. The van der Waals surface area contributed by atoms with Gasteiger partial charge in [-0.05, 0) is 67.1 Å². The van der Waals surface area contributed by atoms with Crippen molar-refractivity contribution >= 4 is 38.8 Å². The van der Waals surface area contributed by atoms with Crippen LogP contribution in [0.15, 0.2) is 59.6 Å². The number of H-pyrrole nitrogens is 1. The lowest BCUT2D eigenvalue weighted by Crippen LogP contribution is -2.06. The van der Waals surface area contributed by atoms with Crippen molar-refractivity contribution in [2.24, 2.45) is 0 Å². The fraction of sp³-hybridized carbons (Fsp3) is 0.300. The molecule has 0 amide bonds. The minimum Gasteiger partial charge on any atom is -0.494 e. The van der Waals surface area contributed by atoms with Crippen LogP contribution < -0.4 is 9.46 Å². The zero-order valence-electron chi connectivity index (χ0n) is 14.1. The number of hydrogen-bond donors (Lipinski definition) is 2. The Labute approximate surface area is 161 Å². The predicted octanol–water partition coefficient (Wildman–Crippen LogP) is 5.56. The molecule has 3 rings (SSSR count). The van der Waals surface area contributed by atoms with Crippen LogP contribution in [0.1, 0.15) is 18.4 Å². The molecular formula is C20H23BrN2OS. The van der Waals surface area contributed by atoms with Crippen LogP contribution in [0.5, 0.6) is 5.75 Å². The van der Waals surface area contributed by atoms with Gasteiger partial charge in [-0.25, -0.2) is 0 Å². The molecule has 0 aliphatic carbocycles. The largest absolute Gasteiger partial charge is 0.494 e. The van der Waals surface area contributed by atoms with Crippen LogP contribution in [-0.2, 0) is 6.42 Å². The number of nitrogens with one attached hydrogen (secondary N) is 2. The van der Waals surface area contributed by atoms with Gasteiger partial charge in [0.2, 0.25) is 0 Å². The fourth-order valence-electron chi connectivity index (χ4n) is 2.67. The first-order chi connectivity index (χ1) is 12.4. The Kier molecular flexibility index (Phi) is 7.27. The summed E-state index contributed by atoms with van der Waals surface area (Å²) in [6.45, 7) is 1.73. The highest BCUT2D eigenvalue weighted by atomic mass is 79.9. The number of ether oxygens (including phenoxy) is 1. The summed E-state index contributed by atoms with van der Waals surface area (Å²) in [4.78, 5) is 4.55. The second-order valence-electron chi connectivity index (χ2n) is 5.82. The number of aryl methyl sites for hydroxylation is 1. The van der Waals surface area contributed by atoms with Crippen molar-refractivity contribution in [1.82, 2.24) is 9.71 Å². The highest BCUT2D eigenvalue weighted by Gasteiger charge is 2.02. The van der Waals surface area contributed by atoms with Crippen molar-refractivity contribution in [1.29, 1.82) is 0 Å². The van der Waals surface area contributed by atoms with E-state index in [1.54, 1.807) is 11.9 Å². The van der Waals surface area contributed by atoms with Gasteiger partial charge in [-0.1, -0.05) is 34.1 Å². The Morgan fingerprint density at radius 1 is 1.04 bits per heavy atom. The van der Waals surface area contributed by atoms with Gasteiger partial charge in [-0.2, -0.15) is 0 Å². The third kappa shape index (κ3) is 5.53. The molecule has 132 valence electrons. The summed E-state index contributed by atoms with van der Waals surface area (Å²) in [5, 5.41) is 2.31. The van der Waals surface area contributed by atoms with Gasteiger partial charge in [-0.3, -0.25) is 4.72 Å². The molecule has 0 saturated carbocycles. The molecule has 3 nitrogen and oxygen atoms in total. The molecule has 0 saturated heterocycles. The van der Waals surface area contributed by atoms with Gasteiger partial charge in [0.25, 0.3) is 0 Å². The maximum atomic E-state index is 5.66. The predicted molar refractivity (Wildman–Crippen MR) is 111 cm³/mol. The van der Waals surface area contributed by atoms with Crippen molar-refractivity contribution in [2.45, 2.75) is 24.2 Å². The third-order valence-corrected chi connectivity index (χ3v) is 5.38.